The van der Waals surface area contributed by atoms with Gasteiger partial charge in [-0.25, -0.2) is 22.7 Å². The van der Waals surface area contributed by atoms with E-state index >= 15 is 0 Å². The highest BCUT2D eigenvalue weighted by Gasteiger charge is 2.28. The van der Waals surface area contributed by atoms with E-state index < -0.39 is 40.0 Å². The zero-order valence-electron chi connectivity index (χ0n) is 14.8. The van der Waals surface area contributed by atoms with Crippen molar-refractivity contribution in [3.8, 4) is 0 Å². The van der Waals surface area contributed by atoms with Crippen molar-refractivity contribution in [1.82, 2.24) is 10.0 Å². The average Bonchev–Trinajstić information content (AvgIpc) is 2.56. The molecule has 26 heavy (non-hydrogen) atoms. The van der Waals surface area contributed by atoms with Crippen LogP contribution in [0.4, 0.5) is 4.79 Å². The number of hydrogen-bond donors (Lipinski definition) is 3. The minimum absolute atomic E-state index is 0.0399. The normalized spacial score (nSPS) is 12.5. The summed E-state index contributed by atoms with van der Waals surface area (Å²) in [5.74, 6) is -2.18. The Bertz CT molecular complexity index is 776. The van der Waals surface area contributed by atoms with Crippen LogP contribution in [0, 0.1) is 5.92 Å². The summed E-state index contributed by atoms with van der Waals surface area (Å²) in [4.78, 5) is 34.9. The second-order valence-corrected chi connectivity index (χ2v) is 7.62. The average molecular weight is 385 g/mol. The van der Waals surface area contributed by atoms with Gasteiger partial charge in [-0.2, -0.15) is 0 Å². The molecule has 1 atom stereocenters. The first-order valence-electron chi connectivity index (χ1n) is 7.99. The van der Waals surface area contributed by atoms with Gasteiger partial charge in [0, 0.05) is 6.54 Å². The molecule has 9 nitrogen and oxygen atoms in total. The summed E-state index contributed by atoms with van der Waals surface area (Å²) in [6.45, 7) is 5.32. The summed E-state index contributed by atoms with van der Waals surface area (Å²) >= 11 is 0. The highest BCUT2D eigenvalue weighted by Crippen LogP contribution is 2.15. The smallest absolute Gasteiger partial charge is 0.338 e. The highest BCUT2D eigenvalue weighted by atomic mass is 32.2. The Morgan fingerprint density at radius 2 is 1.88 bits per heavy atom. The first kappa shape index (κ1) is 21.6. The number of sulfonamides is 1. The summed E-state index contributed by atoms with van der Waals surface area (Å²) in [7, 11) is -3.75. The predicted octanol–water partition coefficient (Wildman–Crippen LogP) is 0.751. The maximum Gasteiger partial charge on any atom is 0.338 e. The van der Waals surface area contributed by atoms with Gasteiger partial charge in [0.15, 0.2) is 6.10 Å². The number of nitrogens with one attached hydrogen (secondary N) is 2. The lowest BCUT2D eigenvalue weighted by molar-refractivity contribution is -0.130. The van der Waals surface area contributed by atoms with Gasteiger partial charge in [-0.05, 0) is 30.5 Å². The van der Waals surface area contributed by atoms with Crippen LogP contribution in [-0.4, -0.2) is 39.0 Å². The molecule has 0 aromatic heterocycles. The zero-order chi connectivity index (χ0) is 19.9. The molecular formula is C16H23N3O6S. The van der Waals surface area contributed by atoms with E-state index in [-0.39, 0.29) is 17.0 Å². The van der Waals surface area contributed by atoms with E-state index in [0.29, 0.717) is 6.42 Å². The number of nitrogens with two attached hydrogens (primary N) is 1. The molecule has 0 unspecified atom stereocenters. The van der Waals surface area contributed by atoms with E-state index in [9.17, 15) is 22.8 Å². The van der Waals surface area contributed by atoms with Crippen LogP contribution in [0.25, 0.3) is 0 Å². The number of imide groups is 1. The number of carbonyl (C=O) groups excluding carboxylic acids is 3. The van der Waals surface area contributed by atoms with Crippen molar-refractivity contribution in [3.63, 3.8) is 0 Å². The molecule has 0 aliphatic rings. The van der Waals surface area contributed by atoms with Gasteiger partial charge < -0.3 is 10.5 Å². The molecule has 1 rings (SSSR count). The van der Waals surface area contributed by atoms with Crippen molar-refractivity contribution in [1.29, 1.82) is 0 Å². The van der Waals surface area contributed by atoms with E-state index in [1.54, 1.807) is 13.8 Å². The maximum atomic E-state index is 12.3. The molecule has 0 heterocycles. The molecule has 0 spiro atoms. The number of rotatable bonds is 8. The molecule has 0 fully saturated rings. The number of primary amides is 1. The molecule has 0 radical (unpaired) electrons. The Labute approximate surface area is 152 Å². The van der Waals surface area contributed by atoms with Gasteiger partial charge in [0.1, 0.15) is 0 Å². The third-order valence-corrected chi connectivity index (χ3v) is 4.73. The van der Waals surface area contributed by atoms with Crippen LogP contribution in [-0.2, 0) is 19.6 Å². The molecule has 1 aromatic carbocycles. The fourth-order valence-corrected chi connectivity index (χ4v) is 3.16. The summed E-state index contributed by atoms with van der Waals surface area (Å²) in [6.07, 6.45) is -0.639. The topological polar surface area (TPSA) is 145 Å². The lowest BCUT2D eigenvalue weighted by Gasteiger charge is -2.20. The molecule has 144 valence electrons. The Morgan fingerprint density at radius 1 is 1.23 bits per heavy atom. The quantitative estimate of drug-likeness (QED) is 0.563. The van der Waals surface area contributed by atoms with Crippen LogP contribution >= 0.6 is 0 Å². The summed E-state index contributed by atoms with van der Waals surface area (Å²) in [5.41, 5.74) is 4.86. The van der Waals surface area contributed by atoms with Crippen LogP contribution in [0.5, 0.6) is 0 Å². The molecular weight excluding hydrogens is 362 g/mol. The van der Waals surface area contributed by atoms with Crippen LogP contribution in [0.2, 0.25) is 0 Å². The molecule has 0 saturated carbocycles. The summed E-state index contributed by atoms with van der Waals surface area (Å²) < 4.78 is 31.8. The van der Waals surface area contributed by atoms with Gasteiger partial charge in [0.05, 0.1) is 10.5 Å². The van der Waals surface area contributed by atoms with E-state index in [2.05, 4.69) is 4.72 Å². The van der Waals surface area contributed by atoms with Crippen molar-refractivity contribution in [2.45, 2.75) is 38.2 Å². The first-order valence-corrected chi connectivity index (χ1v) is 9.47. The Balaban J connectivity index is 3.01. The Kier molecular flexibility index (Phi) is 7.72. The van der Waals surface area contributed by atoms with Gasteiger partial charge in [0.25, 0.3) is 5.91 Å². The third kappa shape index (κ3) is 6.12. The monoisotopic (exact) mass is 385 g/mol. The van der Waals surface area contributed by atoms with Crippen LogP contribution in [0.15, 0.2) is 29.2 Å². The second kappa shape index (κ2) is 9.30. The van der Waals surface area contributed by atoms with Gasteiger partial charge >= 0.3 is 12.0 Å². The molecule has 3 amide bonds. The molecule has 0 saturated heterocycles. The highest BCUT2D eigenvalue weighted by molar-refractivity contribution is 7.89. The van der Waals surface area contributed by atoms with Gasteiger partial charge in [0.2, 0.25) is 10.0 Å². The van der Waals surface area contributed by atoms with E-state index in [1.807, 2.05) is 12.2 Å². The van der Waals surface area contributed by atoms with Crippen LogP contribution in [0.1, 0.15) is 37.6 Å². The SMILES string of the molecule is CCCNS(=O)(=O)c1cccc(C(=O)O[C@@H](C(=O)NC(N)=O)C(C)C)c1. The fraction of sp³-hybridized carbons (Fsp3) is 0.438. The number of esters is 1. The van der Waals surface area contributed by atoms with Crippen LogP contribution < -0.4 is 15.8 Å². The van der Waals surface area contributed by atoms with Gasteiger partial charge in [-0.1, -0.05) is 26.8 Å². The van der Waals surface area contributed by atoms with Gasteiger partial charge in [-0.3, -0.25) is 10.1 Å². The maximum absolute atomic E-state index is 12.3. The number of hydrogen-bond acceptors (Lipinski definition) is 6. The standard InChI is InChI=1S/C16H23N3O6S/c1-4-8-18-26(23,24)12-7-5-6-11(9-12)15(21)25-13(10(2)3)14(20)19-16(17)22/h5-7,9-10,13,18H,4,8H2,1-3H3,(H3,17,19,20,22)/t13-/m1/s1. The van der Waals surface area contributed by atoms with Gasteiger partial charge in [-0.15, -0.1) is 0 Å². The van der Waals surface area contributed by atoms with E-state index in [1.165, 1.54) is 18.2 Å². The van der Waals surface area contributed by atoms with E-state index in [0.717, 1.165) is 6.07 Å². The van der Waals surface area contributed by atoms with Crippen molar-refractivity contribution in [2.24, 2.45) is 11.7 Å². The third-order valence-electron chi connectivity index (χ3n) is 3.27. The van der Waals surface area contributed by atoms with Crippen molar-refractivity contribution < 1.29 is 27.5 Å². The lowest BCUT2D eigenvalue weighted by Crippen LogP contribution is -2.45. The number of benzene rings is 1. The fourth-order valence-electron chi connectivity index (χ4n) is 1.98. The molecule has 0 aliphatic carbocycles. The van der Waals surface area contributed by atoms with E-state index in [4.69, 9.17) is 10.5 Å². The number of urea groups is 1. The molecule has 10 heteroatoms. The summed E-state index contributed by atoms with van der Waals surface area (Å²) in [5, 5.41) is 1.86. The summed E-state index contributed by atoms with van der Waals surface area (Å²) in [6, 6.07) is 4.19. The molecule has 1 aromatic rings. The first-order chi connectivity index (χ1) is 12.1. The van der Waals surface area contributed by atoms with Crippen molar-refractivity contribution in [2.75, 3.05) is 6.54 Å². The number of amides is 3. The van der Waals surface area contributed by atoms with Crippen molar-refractivity contribution in [3.05, 3.63) is 29.8 Å². The molecule has 0 bridgehead atoms. The molecule has 4 N–H and O–H groups in total. The zero-order valence-corrected chi connectivity index (χ0v) is 15.6. The molecule has 0 aliphatic heterocycles. The minimum Gasteiger partial charge on any atom is -0.448 e. The number of ether oxygens (including phenoxy) is 1. The Hall–Kier alpha value is -2.46. The predicted molar refractivity (Wildman–Crippen MR) is 93.7 cm³/mol. The van der Waals surface area contributed by atoms with Crippen molar-refractivity contribution >= 4 is 27.9 Å². The number of carbonyl (C=O) groups is 3. The second-order valence-electron chi connectivity index (χ2n) is 5.85. The lowest BCUT2D eigenvalue weighted by atomic mass is 10.1. The largest absolute Gasteiger partial charge is 0.448 e. The van der Waals surface area contributed by atoms with Crippen LogP contribution in [0.3, 0.4) is 0 Å². The minimum atomic E-state index is -3.75. The Morgan fingerprint density at radius 3 is 2.42 bits per heavy atom.